The molecule has 0 unspecified atom stereocenters. The van der Waals surface area contributed by atoms with Crippen LogP contribution in [0.1, 0.15) is 30.6 Å². The van der Waals surface area contributed by atoms with Crippen molar-refractivity contribution in [1.29, 1.82) is 0 Å². The molecule has 1 aromatic heterocycles. The van der Waals surface area contributed by atoms with E-state index < -0.39 is 0 Å². The Morgan fingerprint density at radius 3 is 2.65 bits per heavy atom. The van der Waals surface area contributed by atoms with Crippen molar-refractivity contribution in [1.82, 2.24) is 10.3 Å². The number of nitrogens with two attached hydrogens (primary N) is 1. The number of rotatable bonds is 7. The molecular weight excluding hydrogens is 290 g/mol. The van der Waals surface area contributed by atoms with Crippen LogP contribution in [0.3, 0.4) is 0 Å². The predicted molar refractivity (Wildman–Crippen MR) is 90.3 cm³/mol. The standard InChI is InChI=1S/C18H23N3O2/c1-13(2)10-12-20-18(22)16-5-4-11-19-17(16)21-14-6-8-15(23-3)9-7-14/h4-9,11,13H,10,12H2,1-3H3,(H,19,21)(H,20,22)/p+1. The number of benzene rings is 1. The van der Waals surface area contributed by atoms with Gasteiger partial charge in [0.15, 0.2) is 0 Å². The van der Waals surface area contributed by atoms with Crippen LogP contribution in [0.2, 0.25) is 0 Å². The molecule has 2 rings (SSSR count). The number of quaternary nitrogens is 1. The Hall–Kier alpha value is -2.40. The zero-order chi connectivity index (χ0) is 16.7. The number of hydrogen-bond acceptors (Lipinski definition) is 3. The van der Waals surface area contributed by atoms with Gasteiger partial charge in [0.2, 0.25) is 5.82 Å². The van der Waals surface area contributed by atoms with Crippen LogP contribution in [0.5, 0.6) is 5.75 Å². The SMILES string of the molecule is COc1ccc([NH2+]c2ncccc2C(=O)NCCC(C)C)cc1. The third kappa shape index (κ3) is 5.07. The summed E-state index contributed by atoms with van der Waals surface area (Å²) < 4.78 is 5.15. The van der Waals surface area contributed by atoms with Crippen LogP contribution < -0.4 is 15.4 Å². The summed E-state index contributed by atoms with van der Waals surface area (Å²) in [6.45, 7) is 4.95. The number of pyridine rings is 1. The maximum atomic E-state index is 12.3. The molecule has 1 heterocycles. The van der Waals surface area contributed by atoms with Crippen molar-refractivity contribution in [3.8, 4) is 5.75 Å². The highest BCUT2D eigenvalue weighted by Gasteiger charge is 2.16. The average molecular weight is 314 g/mol. The number of nitrogens with one attached hydrogen (secondary N) is 1. The van der Waals surface area contributed by atoms with Crippen molar-refractivity contribution in [2.45, 2.75) is 20.3 Å². The second-order valence-corrected chi connectivity index (χ2v) is 5.79. The first-order valence-electron chi connectivity index (χ1n) is 7.82. The van der Waals surface area contributed by atoms with E-state index in [2.05, 4.69) is 24.1 Å². The van der Waals surface area contributed by atoms with Gasteiger partial charge in [0.05, 0.1) is 7.11 Å². The summed E-state index contributed by atoms with van der Waals surface area (Å²) in [7, 11) is 1.64. The number of methoxy groups -OCH3 is 1. The van der Waals surface area contributed by atoms with Crippen LogP contribution in [0.4, 0.5) is 11.5 Å². The quantitative estimate of drug-likeness (QED) is 0.771. The topological polar surface area (TPSA) is 67.8 Å². The van der Waals surface area contributed by atoms with Crippen molar-refractivity contribution in [3.63, 3.8) is 0 Å². The first kappa shape index (κ1) is 17.0. The molecule has 0 saturated carbocycles. The van der Waals surface area contributed by atoms with E-state index in [0.29, 0.717) is 23.8 Å². The fraction of sp³-hybridized carbons (Fsp3) is 0.333. The number of aromatic nitrogens is 1. The van der Waals surface area contributed by atoms with Gasteiger partial charge in [-0.25, -0.2) is 4.98 Å². The number of nitrogens with zero attached hydrogens (tertiary/aromatic N) is 1. The number of hydrogen-bond donors (Lipinski definition) is 2. The molecule has 5 nitrogen and oxygen atoms in total. The maximum Gasteiger partial charge on any atom is 0.259 e. The Balaban J connectivity index is 2.08. The van der Waals surface area contributed by atoms with Crippen molar-refractivity contribution in [2.75, 3.05) is 13.7 Å². The number of amides is 1. The predicted octanol–water partition coefficient (Wildman–Crippen LogP) is 2.39. The van der Waals surface area contributed by atoms with E-state index in [4.69, 9.17) is 4.74 Å². The lowest BCUT2D eigenvalue weighted by molar-refractivity contribution is -0.483. The maximum absolute atomic E-state index is 12.3. The van der Waals surface area contributed by atoms with E-state index in [9.17, 15) is 4.79 Å². The minimum Gasteiger partial charge on any atom is -0.497 e. The Kier molecular flexibility index (Phi) is 6.11. The van der Waals surface area contributed by atoms with Crippen molar-refractivity contribution in [2.24, 2.45) is 5.92 Å². The van der Waals surface area contributed by atoms with Gasteiger partial charge in [-0.15, -0.1) is 0 Å². The normalized spacial score (nSPS) is 10.6. The van der Waals surface area contributed by atoms with Gasteiger partial charge in [0.1, 0.15) is 17.0 Å². The van der Waals surface area contributed by atoms with Crippen LogP contribution in [-0.4, -0.2) is 24.5 Å². The third-order valence-electron chi connectivity index (χ3n) is 3.51. The van der Waals surface area contributed by atoms with E-state index in [0.717, 1.165) is 17.9 Å². The van der Waals surface area contributed by atoms with E-state index >= 15 is 0 Å². The molecule has 0 aliphatic rings. The van der Waals surface area contributed by atoms with Crippen LogP contribution in [0, 0.1) is 5.92 Å². The molecule has 5 heteroatoms. The fourth-order valence-corrected chi connectivity index (χ4v) is 2.15. The second kappa shape index (κ2) is 8.29. The Bertz CT molecular complexity index is 639. The highest BCUT2D eigenvalue weighted by Crippen LogP contribution is 2.13. The zero-order valence-corrected chi connectivity index (χ0v) is 13.9. The van der Waals surface area contributed by atoms with E-state index in [1.165, 1.54) is 0 Å². The van der Waals surface area contributed by atoms with Gasteiger partial charge in [0, 0.05) is 24.9 Å². The monoisotopic (exact) mass is 314 g/mol. The van der Waals surface area contributed by atoms with Gasteiger partial charge in [-0.1, -0.05) is 13.8 Å². The molecule has 3 N–H and O–H groups in total. The van der Waals surface area contributed by atoms with E-state index in [-0.39, 0.29) is 5.91 Å². The fourth-order valence-electron chi connectivity index (χ4n) is 2.15. The van der Waals surface area contributed by atoms with Gasteiger partial charge in [0.25, 0.3) is 5.91 Å². The van der Waals surface area contributed by atoms with Crippen LogP contribution >= 0.6 is 0 Å². The van der Waals surface area contributed by atoms with Crippen LogP contribution in [-0.2, 0) is 0 Å². The van der Waals surface area contributed by atoms with Crippen LogP contribution in [0.15, 0.2) is 42.6 Å². The molecular formula is C18H24N3O2+. The Morgan fingerprint density at radius 1 is 1.26 bits per heavy atom. The molecule has 0 atom stereocenters. The molecule has 0 spiro atoms. The summed E-state index contributed by atoms with van der Waals surface area (Å²) in [6.07, 6.45) is 2.66. The molecule has 0 aliphatic carbocycles. The number of carbonyl (C=O) groups is 1. The molecule has 0 saturated heterocycles. The first-order chi connectivity index (χ1) is 11.1. The van der Waals surface area contributed by atoms with E-state index in [1.807, 2.05) is 29.6 Å². The molecule has 0 bridgehead atoms. The summed E-state index contributed by atoms with van der Waals surface area (Å²) in [5, 5.41) is 4.86. The molecule has 1 amide bonds. The van der Waals surface area contributed by atoms with Gasteiger partial charge in [-0.2, -0.15) is 0 Å². The van der Waals surface area contributed by atoms with Crippen molar-refractivity contribution in [3.05, 3.63) is 48.2 Å². The van der Waals surface area contributed by atoms with Gasteiger partial charge >= 0.3 is 0 Å². The van der Waals surface area contributed by atoms with Gasteiger partial charge in [-0.3, -0.25) is 10.1 Å². The van der Waals surface area contributed by atoms with Crippen molar-refractivity contribution >= 4 is 17.4 Å². The molecule has 1 aromatic carbocycles. The molecule has 23 heavy (non-hydrogen) atoms. The van der Waals surface area contributed by atoms with E-state index in [1.54, 1.807) is 25.4 Å². The van der Waals surface area contributed by atoms with Gasteiger partial charge < -0.3 is 10.1 Å². The molecule has 2 aromatic rings. The Morgan fingerprint density at radius 2 is 2.00 bits per heavy atom. The summed E-state index contributed by atoms with van der Waals surface area (Å²) in [4.78, 5) is 16.7. The Labute approximate surface area is 137 Å². The number of carbonyl (C=O) groups excluding carboxylic acids is 1. The highest BCUT2D eigenvalue weighted by atomic mass is 16.5. The molecule has 0 aliphatic heterocycles. The second-order valence-electron chi connectivity index (χ2n) is 5.79. The largest absolute Gasteiger partial charge is 0.497 e. The zero-order valence-electron chi connectivity index (χ0n) is 13.9. The van der Waals surface area contributed by atoms with Crippen molar-refractivity contribution < 1.29 is 14.8 Å². The first-order valence-corrected chi connectivity index (χ1v) is 7.82. The summed E-state index contributed by atoms with van der Waals surface area (Å²) >= 11 is 0. The smallest absolute Gasteiger partial charge is 0.259 e. The third-order valence-corrected chi connectivity index (χ3v) is 3.51. The van der Waals surface area contributed by atoms with Crippen LogP contribution in [0.25, 0.3) is 0 Å². The summed E-state index contributed by atoms with van der Waals surface area (Å²) in [6, 6.07) is 11.2. The molecule has 0 radical (unpaired) electrons. The molecule has 0 fully saturated rings. The molecule has 122 valence electrons. The summed E-state index contributed by atoms with van der Waals surface area (Å²) in [5.74, 6) is 1.95. The summed E-state index contributed by atoms with van der Waals surface area (Å²) in [5.41, 5.74) is 1.56. The van der Waals surface area contributed by atoms with Gasteiger partial charge in [-0.05, 0) is 36.6 Å². The minimum absolute atomic E-state index is 0.0847. The highest BCUT2D eigenvalue weighted by molar-refractivity contribution is 5.97. The number of ether oxygens (including phenoxy) is 1. The lowest BCUT2D eigenvalue weighted by Gasteiger charge is -2.09. The lowest BCUT2D eigenvalue weighted by Crippen LogP contribution is -2.72. The minimum atomic E-state index is -0.0847. The average Bonchev–Trinajstić information content (AvgIpc) is 2.55. The lowest BCUT2D eigenvalue weighted by atomic mass is 10.1.